The second-order valence-corrected chi connectivity index (χ2v) is 9.45. The third kappa shape index (κ3) is 7.69. The van der Waals surface area contributed by atoms with E-state index in [0.29, 0.717) is 5.56 Å². The number of ether oxygens (including phenoxy) is 5. The van der Waals surface area contributed by atoms with Gasteiger partial charge in [-0.05, 0) is 31.9 Å². The fourth-order valence-electron chi connectivity index (χ4n) is 4.04. The lowest BCUT2D eigenvalue weighted by molar-refractivity contribution is -0.237. The van der Waals surface area contributed by atoms with Crippen LogP contribution in [-0.2, 0) is 42.9 Å². The van der Waals surface area contributed by atoms with Crippen LogP contribution in [0, 0.1) is 20.8 Å². The van der Waals surface area contributed by atoms with Gasteiger partial charge in [0.15, 0.2) is 23.7 Å². The van der Waals surface area contributed by atoms with Crippen molar-refractivity contribution in [1.82, 2.24) is 0 Å². The summed E-state index contributed by atoms with van der Waals surface area (Å²) in [6.07, 6.45) is -4.92. The molecule has 1 heterocycles. The molecule has 0 bridgehead atoms. The topological polar surface area (TPSA) is 147 Å². The average Bonchev–Trinajstić information content (AvgIpc) is 2.73. The molecular formula is C24H31NO10S. The van der Waals surface area contributed by atoms with Gasteiger partial charge in [-0.25, -0.2) is 0 Å². The molecular weight excluding hydrogens is 494 g/mol. The Morgan fingerprint density at radius 3 is 1.83 bits per heavy atom. The molecule has 0 aliphatic carbocycles. The summed E-state index contributed by atoms with van der Waals surface area (Å²) in [5.41, 5.74) is 2.22. The van der Waals surface area contributed by atoms with Crippen molar-refractivity contribution >= 4 is 40.7 Å². The van der Waals surface area contributed by atoms with Crippen molar-refractivity contribution in [3.63, 3.8) is 0 Å². The SMILES string of the molecule is CC(=O)OC[C@H]1O[C@@H](S/C(=N\O)c2c(C)cc(C)cc2C)[C@H](OC(C)=O)[C@@H](OC(C)=O)[C@@H]1OC(C)=O. The number of carbonyl (C=O) groups is 4. The summed E-state index contributed by atoms with van der Waals surface area (Å²) in [6, 6.07) is 3.84. The van der Waals surface area contributed by atoms with Gasteiger partial charge in [-0.3, -0.25) is 19.2 Å². The lowest BCUT2D eigenvalue weighted by atomic mass is 9.99. The Morgan fingerprint density at radius 1 is 0.861 bits per heavy atom. The van der Waals surface area contributed by atoms with Crippen LogP contribution in [-0.4, -0.2) is 70.6 Å². The molecule has 1 aliphatic heterocycles. The van der Waals surface area contributed by atoms with Crippen LogP contribution in [0.1, 0.15) is 49.9 Å². The normalized spacial score (nSPS) is 24.0. The molecule has 0 saturated carbocycles. The Kier molecular flexibility index (Phi) is 10.3. The minimum absolute atomic E-state index is 0.158. The fourth-order valence-corrected chi connectivity index (χ4v) is 5.29. The van der Waals surface area contributed by atoms with Crippen molar-refractivity contribution < 1.29 is 48.1 Å². The van der Waals surface area contributed by atoms with Crippen LogP contribution in [0.5, 0.6) is 0 Å². The van der Waals surface area contributed by atoms with Crippen molar-refractivity contribution in [2.75, 3.05) is 6.61 Å². The standard InChI is InChI=1S/C24H31NO10S/c1-11-8-12(2)19(13(3)9-11)23(25-30)36-24-22(34-17(7)29)21(33-16(6)28)20(32-15(5)27)18(35-24)10-31-14(4)26/h8-9,18,20-22,24,30H,10H2,1-7H3/b25-23-/t18-,20-,21+,22-,24+/m1/s1. The van der Waals surface area contributed by atoms with Crippen LogP contribution >= 0.6 is 11.8 Å². The van der Waals surface area contributed by atoms with Crippen molar-refractivity contribution in [2.24, 2.45) is 5.16 Å². The van der Waals surface area contributed by atoms with E-state index in [0.717, 1.165) is 49.2 Å². The Hall–Kier alpha value is -3.12. The molecule has 0 aromatic heterocycles. The summed E-state index contributed by atoms with van der Waals surface area (Å²) in [5.74, 6) is -2.77. The predicted molar refractivity (Wildman–Crippen MR) is 129 cm³/mol. The molecule has 1 N–H and O–H groups in total. The van der Waals surface area contributed by atoms with E-state index < -0.39 is 53.7 Å². The number of rotatable bonds is 7. The highest BCUT2D eigenvalue weighted by Crippen LogP contribution is 2.37. The molecule has 198 valence electrons. The zero-order chi connectivity index (χ0) is 27.2. The zero-order valence-corrected chi connectivity index (χ0v) is 22.0. The number of carbonyl (C=O) groups excluding carboxylic acids is 4. The van der Waals surface area contributed by atoms with E-state index in [4.69, 9.17) is 23.7 Å². The van der Waals surface area contributed by atoms with E-state index in [1.54, 1.807) is 0 Å². The van der Waals surface area contributed by atoms with E-state index in [-0.39, 0.29) is 11.7 Å². The Labute approximate surface area is 213 Å². The first-order valence-electron chi connectivity index (χ1n) is 11.1. The van der Waals surface area contributed by atoms with Gasteiger partial charge in [0, 0.05) is 33.3 Å². The van der Waals surface area contributed by atoms with E-state index in [2.05, 4.69) is 5.16 Å². The molecule has 0 amide bonds. The van der Waals surface area contributed by atoms with Gasteiger partial charge < -0.3 is 28.9 Å². The number of benzene rings is 1. The van der Waals surface area contributed by atoms with Gasteiger partial charge in [-0.15, -0.1) is 0 Å². The molecule has 0 unspecified atom stereocenters. The first kappa shape index (κ1) is 29.1. The lowest BCUT2D eigenvalue weighted by Crippen LogP contribution is -2.61. The molecule has 1 aromatic rings. The minimum atomic E-state index is -1.30. The van der Waals surface area contributed by atoms with Gasteiger partial charge in [0.25, 0.3) is 0 Å². The van der Waals surface area contributed by atoms with E-state index in [1.807, 2.05) is 32.9 Å². The third-order valence-corrected chi connectivity index (χ3v) is 6.28. The van der Waals surface area contributed by atoms with Crippen molar-refractivity contribution in [3.05, 3.63) is 34.4 Å². The summed E-state index contributed by atoms with van der Waals surface area (Å²) in [6.45, 7) is 9.95. The second-order valence-electron chi connectivity index (χ2n) is 8.36. The van der Waals surface area contributed by atoms with E-state index in [1.165, 1.54) is 6.92 Å². The molecule has 1 fully saturated rings. The molecule has 1 saturated heterocycles. The number of thioether (sulfide) groups is 1. The number of esters is 4. The van der Waals surface area contributed by atoms with Gasteiger partial charge in [0.05, 0.1) is 0 Å². The highest BCUT2D eigenvalue weighted by atomic mass is 32.2. The maximum atomic E-state index is 12.0. The third-order valence-electron chi connectivity index (χ3n) is 5.16. The first-order chi connectivity index (χ1) is 16.8. The molecule has 36 heavy (non-hydrogen) atoms. The Morgan fingerprint density at radius 2 is 1.36 bits per heavy atom. The van der Waals surface area contributed by atoms with Gasteiger partial charge in [0.1, 0.15) is 17.8 Å². The van der Waals surface area contributed by atoms with E-state index >= 15 is 0 Å². The maximum Gasteiger partial charge on any atom is 0.303 e. The number of aryl methyl sites for hydroxylation is 3. The zero-order valence-electron chi connectivity index (χ0n) is 21.2. The number of hydrogen-bond acceptors (Lipinski definition) is 12. The predicted octanol–water partition coefficient (Wildman–Crippen LogP) is 2.56. The van der Waals surface area contributed by atoms with Crippen molar-refractivity contribution in [1.29, 1.82) is 0 Å². The van der Waals surface area contributed by atoms with Crippen LogP contribution in [0.2, 0.25) is 0 Å². The summed E-state index contributed by atoms with van der Waals surface area (Å²) in [7, 11) is 0. The highest BCUT2D eigenvalue weighted by Gasteiger charge is 2.53. The molecule has 2 rings (SSSR count). The second kappa shape index (κ2) is 12.7. The number of nitrogens with zero attached hydrogens (tertiary/aromatic N) is 1. The Balaban J connectivity index is 2.56. The monoisotopic (exact) mass is 525 g/mol. The lowest BCUT2D eigenvalue weighted by Gasteiger charge is -2.44. The van der Waals surface area contributed by atoms with Crippen molar-refractivity contribution in [3.8, 4) is 0 Å². The summed E-state index contributed by atoms with van der Waals surface area (Å²) >= 11 is 0.921. The Bertz CT molecular complexity index is 1020. The minimum Gasteiger partial charge on any atom is -0.463 e. The summed E-state index contributed by atoms with van der Waals surface area (Å²) in [5, 5.41) is 13.5. The molecule has 11 nitrogen and oxygen atoms in total. The van der Waals surface area contributed by atoms with Crippen molar-refractivity contribution in [2.45, 2.75) is 78.3 Å². The fraction of sp³-hybridized carbons (Fsp3) is 0.542. The van der Waals surface area contributed by atoms with Crippen LogP contribution in [0.3, 0.4) is 0 Å². The first-order valence-corrected chi connectivity index (χ1v) is 12.0. The summed E-state index contributed by atoms with van der Waals surface area (Å²) < 4.78 is 27.4. The van der Waals surface area contributed by atoms with Crippen LogP contribution in [0.15, 0.2) is 17.3 Å². The largest absolute Gasteiger partial charge is 0.463 e. The maximum absolute atomic E-state index is 12.0. The molecule has 5 atom stereocenters. The van der Waals surface area contributed by atoms with Crippen LogP contribution in [0.25, 0.3) is 0 Å². The number of hydrogen-bond donors (Lipinski definition) is 1. The smallest absolute Gasteiger partial charge is 0.303 e. The molecule has 0 spiro atoms. The molecule has 1 aromatic carbocycles. The summed E-state index contributed by atoms with van der Waals surface area (Å²) in [4.78, 5) is 47.3. The van der Waals surface area contributed by atoms with Gasteiger partial charge in [-0.1, -0.05) is 34.6 Å². The van der Waals surface area contributed by atoms with Gasteiger partial charge in [-0.2, -0.15) is 0 Å². The number of oxime groups is 1. The average molecular weight is 526 g/mol. The van der Waals surface area contributed by atoms with Crippen LogP contribution in [0.4, 0.5) is 0 Å². The quantitative estimate of drug-likeness (QED) is 0.140. The molecule has 12 heteroatoms. The highest BCUT2D eigenvalue weighted by molar-refractivity contribution is 8.14. The van der Waals surface area contributed by atoms with Gasteiger partial charge in [0.2, 0.25) is 0 Å². The molecule has 1 aliphatic rings. The van der Waals surface area contributed by atoms with E-state index in [9.17, 15) is 24.4 Å². The van der Waals surface area contributed by atoms with Gasteiger partial charge >= 0.3 is 23.9 Å². The molecule has 0 radical (unpaired) electrons. The van der Waals surface area contributed by atoms with Crippen LogP contribution < -0.4 is 0 Å².